The number of aromatic nitrogens is 2. The van der Waals surface area contributed by atoms with Crippen molar-refractivity contribution in [2.24, 2.45) is 0 Å². The van der Waals surface area contributed by atoms with E-state index in [1.165, 1.54) is 11.3 Å². The van der Waals surface area contributed by atoms with E-state index < -0.39 is 0 Å². The molecule has 0 spiro atoms. The molecule has 0 aliphatic carbocycles. The van der Waals surface area contributed by atoms with Gasteiger partial charge in [0.25, 0.3) is 5.91 Å². The number of rotatable bonds is 2. The standard InChI is InChI=1S/C14H14Cl2N4OS/c1-9-2-3-12(18-17-9)19-4-6-20(7-5-19)14(21)10-8-11(15)22-13(10)16/h2-3,8H,4-7H2,1H3. The molecule has 1 saturated heterocycles. The van der Waals surface area contributed by atoms with Crippen LogP contribution in [0.3, 0.4) is 0 Å². The van der Waals surface area contributed by atoms with Gasteiger partial charge in [0.15, 0.2) is 5.82 Å². The summed E-state index contributed by atoms with van der Waals surface area (Å²) in [6, 6.07) is 5.52. The van der Waals surface area contributed by atoms with Gasteiger partial charge in [0, 0.05) is 26.2 Å². The number of hydrogen-bond acceptors (Lipinski definition) is 5. The molecule has 116 valence electrons. The fraction of sp³-hybridized carbons (Fsp3) is 0.357. The first-order chi connectivity index (χ1) is 10.5. The highest BCUT2D eigenvalue weighted by atomic mass is 35.5. The molecule has 1 aliphatic rings. The van der Waals surface area contributed by atoms with Gasteiger partial charge in [-0.05, 0) is 25.1 Å². The Morgan fingerprint density at radius 1 is 1.18 bits per heavy atom. The molecular weight excluding hydrogens is 343 g/mol. The average molecular weight is 357 g/mol. The molecule has 0 bridgehead atoms. The summed E-state index contributed by atoms with van der Waals surface area (Å²) in [6.45, 7) is 4.59. The molecular formula is C14H14Cl2N4OS. The van der Waals surface area contributed by atoms with E-state index in [1.54, 1.807) is 11.0 Å². The monoisotopic (exact) mass is 356 g/mol. The van der Waals surface area contributed by atoms with E-state index in [-0.39, 0.29) is 5.91 Å². The van der Waals surface area contributed by atoms with Crippen molar-refractivity contribution in [3.05, 3.63) is 38.1 Å². The summed E-state index contributed by atoms with van der Waals surface area (Å²) in [6.07, 6.45) is 0. The largest absolute Gasteiger partial charge is 0.352 e. The lowest BCUT2D eigenvalue weighted by molar-refractivity contribution is 0.0747. The Balaban J connectivity index is 1.65. The minimum atomic E-state index is -0.0669. The zero-order valence-electron chi connectivity index (χ0n) is 11.9. The number of carbonyl (C=O) groups is 1. The van der Waals surface area contributed by atoms with Gasteiger partial charge in [-0.2, -0.15) is 5.10 Å². The number of amides is 1. The smallest absolute Gasteiger partial charge is 0.256 e. The number of aryl methyl sites for hydroxylation is 1. The van der Waals surface area contributed by atoms with Crippen LogP contribution in [0.15, 0.2) is 18.2 Å². The minimum absolute atomic E-state index is 0.0669. The van der Waals surface area contributed by atoms with Gasteiger partial charge >= 0.3 is 0 Å². The third-order valence-electron chi connectivity index (χ3n) is 3.56. The maximum atomic E-state index is 12.5. The van der Waals surface area contributed by atoms with Gasteiger partial charge in [-0.1, -0.05) is 23.2 Å². The van der Waals surface area contributed by atoms with Crippen molar-refractivity contribution in [2.75, 3.05) is 31.1 Å². The highest BCUT2D eigenvalue weighted by molar-refractivity contribution is 7.20. The lowest BCUT2D eigenvalue weighted by atomic mass is 10.2. The molecule has 0 atom stereocenters. The molecule has 1 aliphatic heterocycles. The summed E-state index contributed by atoms with van der Waals surface area (Å²) < 4.78 is 0.976. The minimum Gasteiger partial charge on any atom is -0.352 e. The number of hydrogen-bond donors (Lipinski definition) is 0. The zero-order valence-corrected chi connectivity index (χ0v) is 14.3. The number of thiophene rings is 1. The van der Waals surface area contributed by atoms with Crippen LogP contribution in [0.1, 0.15) is 16.1 Å². The first-order valence-corrected chi connectivity index (χ1v) is 8.41. The summed E-state index contributed by atoms with van der Waals surface area (Å²) in [7, 11) is 0. The predicted molar refractivity (Wildman–Crippen MR) is 89.2 cm³/mol. The molecule has 5 nitrogen and oxygen atoms in total. The van der Waals surface area contributed by atoms with Crippen molar-refractivity contribution in [3.63, 3.8) is 0 Å². The van der Waals surface area contributed by atoms with Crippen molar-refractivity contribution in [1.82, 2.24) is 15.1 Å². The van der Waals surface area contributed by atoms with Gasteiger partial charge in [-0.25, -0.2) is 0 Å². The summed E-state index contributed by atoms with van der Waals surface area (Å²) in [5.41, 5.74) is 1.38. The van der Waals surface area contributed by atoms with E-state index in [0.29, 0.717) is 27.3 Å². The third-order valence-corrected chi connectivity index (χ3v) is 5.05. The maximum Gasteiger partial charge on any atom is 0.256 e. The SMILES string of the molecule is Cc1ccc(N2CCN(C(=O)c3cc(Cl)sc3Cl)CC2)nn1. The fourth-order valence-electron chi connectivity index (χ4n) is 2.36. The van der Waals surface area contributed by atoms with Crippen LogP contribution in [0.2, 0.25) is 8.67 Å². The molecule has 0 aromatic carbocycles. The summed E-state index contributed by atoms with van der Waals surface area (Å²) in [4.78, 5) is 16.4. The molecule has 8 heteroatoms. The van der Waals surface area contributed by atoms with E-state index in [1.807, 2.05) is 19.1 Å². The Hall–Kier alpha value is -1.37. The summed E-state index contributed by atoms with van der Waals surface area (Å²) in [5.74, 6) is 0.775. The number of halogens is 2. The predicted octanol–water partition coefficient (Wildman–Crippen LogP) is 3.12. The van der Waals surface area contributed by atoms with Crippen LogP contribution in [0.4, 0.5) is 5.82 Å². The Kier molecular flexibility index (Phi) is 4.52. The number of nitrogens with zero attached hydrogens (tertiary/aromatic N) is 4. The van der Waals surface area contributed by atoms with E-state index in [2.05, 4.69) is 15.1 Å². The molecule has 1 fully saturated rings. The first-order valence-electron chi connectivity index (χ1n) is 6.84. The Bertz CT molecular complexity index is 681. The normalized spacial score (nSPS) is 15.2. The number of anilines is 1. The lowest BCUT2D eigenvalue weighted by Gasteiger charge is -2.35. The molecule has 2 aromatic heterocycles. The van der Waals surface area contributed by atoms with Crippen LogP contribution >= 0.6 is 34.5 Å². The molecule has 2 aromatic rings. The lowest BCUT2D eigenvalue weighted by Crippen LogP contribution is -2.49. The van der Waals surface area contributed by atoms with Gasteiger partial charge in [-0.15, -0.1) is 16.4 Å². The van der Waals surface area contributed by atoms with E-state index >= 15 is 0 Å². The second-order valence-corrected chi connectivity index (χ2v) is 7.34. The summed E-state index contributed by atoms with van der Waals surface area (Å²) in [5, 5.41) is 8.25. The maximum absolute atomic E-state index is 12.5. The van der Waals surface area contributed by atoms with Crippen molar-refractivity contribution in [1.29, 1.82) is 0 Å². The zero-order chi connectivity index (χ0) is 15.7. The van der Waals surface area contributed by atoms with Crippen LogP contribution in [-0.2, 0) is 0 Å². The fourth-order valence-corrected chi connectivity index (χ4v) is 3.80. The van der Waals surface area contributed by atoms with Crippen molar-refractivity contribution in [2.45, 2.75) is 6.92 Å². The second-order valence-electron chi connectivity index (χ2n) is 5.05. The molecule has 0 unspecified atom stereocenters. The van der Waals surface area contributed by atoms with Crippen molar-refractivity contribution in [3.8, 4) is 0 Å². The topological polar surface area (TPSA) is 49.3 Å². The molecule has 3 rings (SSSR count). The van der Waals surface area contributed by atoms with Gasteiger partial charge in [0.1, 0.15) is 4.34 Å². The molecule has 0 N–H and O–H groups in total. The van der Waals surface area contributed by atoms with Crippen LogP contribution in [-0.4, -0.2) is 47.2 Å². The number of carbonyl (C=O) groups excluding carboxylic acids is 1. The van der Waals surface area contributed by atoms with Crippen molar-refractivity contribution >= 4 is 46.3 Å². The summed E-state index contributed by atoms with van der Waals surface area (Å²) >= 11 is 13.2. The Labute approximate surface area is 142 Å². The van der Waals surface area contributed by atoms with Crippen LogP contribution in [0, 0.1) is 6.92 Å². The molecule has 1 amide bonds. The van der Waals surface area contributed by atoms with E-state index in [9.17, 15) is 4.79 Å². The van der Waals surface area contributed by atoms with Crippen LogP contribution in [0.25, 0.3) is 0 Å². The van der Waals surface area contributed by atoms with Gasteiger partial charge in [0.05, 0.1) is 15.6 Å². The molecule has 3 heterocycles. The van der Waals surface area contributed by atoms with Gasteiger partial charge in [0.2, 0.25) is 0 Å². The van der Waals surface area contributed by atoms with Gasteiger partial charge in [-0.3, -0.25) is 4.79 Å². The van der Waals surface area contributed by atoms with Crippen LogP contribution in [0.5, 0.6) is 0 Å². The Morgan fingerprint density at radius 3 is 2.45 bits per heavy atom. The quantitative estimate of drug-likeness (QED) is 0.829. The highest BCUT2D eigenvalue weighted by Gasteiger charge is 2.25. The first kappa shape index (κ1) is 15.5. The average Bonchev–Trinajstić information content (AvgIpc) is 2.86. The second kappa shape index (κ2) is 6.40. The van der Waals surface area contributed by atoms with Crippen molar-refractivity contribution < 1.29 is 4.79 Å². The van der Waals surface area contributed by atoms with Gasteiger partial charge < -0.3 is 9.80 Å². The molecule has 0 radical (unpaired) electrons. The molecule has 22 heavy (non-hydrogen) atoms. The molecule has 0 saturated carbocycles. The Morgan fingerprint density at radius 2 is 1.91 bits per heavy atom. The van der Waals surface area contributed by atoms with E-state index in [4.69, 9.17) is 23.2 Å². The third kappa shape index (κ3) is 3.19. The van der Waals surface area contributed by atoms with E-state index in [0.717, 1.165) is 24.6 Å². The number of piperazine rings is 1. The highest BCUT2D eigenvalue weighted by Crippen LogP contribution is 2.32. The van der Waals surface area contributed by atoms with Crippen LogP contribution < -0.4 is 4.90 Å².